The summed E-state index contributed by atoms with van der Waals surface area (Å²) in [7, 11) is 7.13. The fourth-order valence-electron chi connectivity index (χ4n) is 0.447. The maximum atomic E-state index is 7.50. The van der Waals surface area contributed by atoms with E-state index >= 15 is 0 Å². The smallest absolute Gasteiger partial charge is 0 e. The molecule has 0 aliphatic carbocycles. The van der Waals surface area contributed by atoms with Crippen LogP contribution in [0.4, 0.5) is 0 Å². The predicted octanol–water partition coefficient (Wildman–Crippen LogP) is 3.23. The van der Waals surface area contributed by atoms with Crippen molar-refractivity contribution in [3.8, 4) is 0 Å². The summed E-state index contributed by atoms with van der Waals surface area (Å²) in [6.45, 7) is 15.5. The largest absolute Gasteiger partial charge is 0 e. The molecule has 0 spiro atoms. The van der Waals surface area contributed by atoms with Gasteiger partial charge in [0, 0.05) is 59.7 Å². The van der Waals surface area contributed by atoms with Gasteiger partial charge in [0.05, 0.1) is 0 Å². The van der Waals surface area contributed by atoms with Crippen molar-refractivity contribution < 1.29 is 53.5 Å². The Morgan fingerprint density at radius 2 is 0.818 bits per heavy atom. The Kier molecular flexibility index (Phi) is 85.8. The molecule has 22 heavy (non-hydrogen) atoms. The van der Waals surface area contributed by atoms with Gasteiger partial charge in [-0.2, -0.15) is 0 Å². The van der Waals surface area contributed by atoms with E-state index in [9.17, 15) is 0 Å². The second-order valence-corrected chi connectivity index (χ2v) is 4.92. The summed E-state index contributed by atoms with van der Waals surface area (Å²) in [6, 6.07) is 0. The van der Waals surface area contributed by atoms with Crippen LogP contribution in [-0.4, -0.2) is 42.7 Å². The Morgan fingerprint density at radius 1 is 0.727 bits per heavy atom. The van der Waals surface area contributed by atoms with E-state index in [0.717, 1.165) is 0 Å². The Morgan fingerprint density at radius 3 is 0.818 bits per heavy atom. The summed E-state index contributed by atoms with van der Waals surface area (Å²) < 4.78 is 43.0. The van der Waals surface area contributed by atoms with Crippen LogP contribution >= 0.6 is 17.2 Å². The van der Waals surface area contributed by atoms with Crippen molar-refractivity contribution >= 4 is 17.2 Å². The topological polar surface area (TPSA) is 95.2 Å². The van der Waals surface area contributed by atoms with Crippen LogP contribution in [-0.2, 0) is 53.5 Å². The van der Waals surface area contributed by atoms with E-state index in [4.69, 9.17) is 9.30 Å². The summed E-state index contributed by atoms with van der Waals surface area (Å²) in [4.78, 5) is 0. The van der Waals surface area contributed by atoms with Gasteiger partial charge in [0.2, 0.25) is 0 Å². The van der Waals surface area contributed by atoms with E-state index in [1.807, 2.05) is 0 Å². The second-order valence-electron chi connectivity index (χ2n) is 1.83. The molecule has 0 atom stereocenters. The first-order valence-corrected chi connectivity index (χ1v) is 6.96. The molecule has 0 rings (SSSR count). The molecule has 133 valence electrons. The molecule has 0 aromatic rings. The maximum Gasteiger partial charge on any atom is 0 e. The molecule has 11 heteroatoms. The molecule has 1 radical (unpaired) electrons. The molecule has 0 fully saturated rings. The molecule has 0 heterocycles. The van der Waals surface area contributed by atoms with Crippen molar-refractivity contribution in [2.24, 2.45) is 0 Å². The first-order chi connectivity index (χ1) is 10.1. The minimum Gasteiger partial charge on any atom is 0 e. The van der Waals surface area contributed by atoms with Gasteiger partial charge in [0.25, 0.3) is 0 Å². The van der Waals surface area contributed by atoms with Crippen LogP contribution in [0.5, 0.6) is 0 Å². The fourth-order valence-corrected chi connectivity index (χ4v) is 1.34. The quantitative estimate of drug-likeness (QED) is 0.294. The maximum absolute atomic E-state index is 7.50. The van der Waals surface area contributed by atoms with E-state index in [2.05, 4.69) is 53.9 Å². The van der Waals surface area contributed by atoms with Gasteiger partial charge in [-0.1, -0.05) is 0 Å². The third kappa shape index (κ3) is 50.0. The van der Waals surface area contributed by atoms with Gasteiger partial charge in [-0.3, -0.25) is 0 Å². The first-order valence-electron chi connectivity index (χ1n) is 4.77. The van der Waals surface area contributed by atoms with E-state index in [1.165, 1.54) is 6.08 Å². The average molecular weight is 400 g/mol. The molecule has 0 aromatic heterocycles. The minimum absolute atomic E-state index is 0. The SMILES string of the molecule is C=C[CH2-].COP(OC)OC.COP(OC)OC.[C-]#[O+].[C-]#[O+].[Mn]. The Labute approximate surface area is 146 Å². The van der Waals surface area contributed by atoms with E-state index in [-0.39, 0.29) is 17.1 Å². The molecule has 0 aliphatic rings. The Bertz CT molecular complexity index is 170. The number of allylic oxidation sites excluding steroid dienone is 1. The van der Waals surface area contributed by atoms with Crippen molar-refractivity contribution in [2.75, 3.05) is 42.7 Å². The number of rotatable bonds is 6. The minimum atomic E-state index is -1.05. The zero-order chi connectivity index (χ0) is 18.1. The Balaban J connectivity index is -0.0000000402. The predicted molar refractivity (Wildman–Crippen MR) is 79.3 cm³/mol. The number of hydrogen-bond acceptors (Lipinski definition) is 6. The van der Waals surface area contributed by atoms with Crippen LogP contribution in [0.1, 0.15) is 0 Å². The second kappa shape index (κ2) is 49.6. The van der Waals surface area contributed by atoms with E-state index in [1.54, 1.807) is 42.7 Å². The molecule has 0 bridgehead atoms. The third-order valence-electron chi connectivity index (χ3n) is 0.894. The van der Waals surface area contributed by atoms with Crippen molar-refractivity contribution in [3.05, 3.63) is 32.9 Å². The van der Waals surface area contributed by atoms with Gasteiger partial charge in [0.1, 0.15) is 0 Å². The first kappa shape index (κ1) is 38.0. The van der Waals surface area contributed by atoms with E-state index in [0.29, 0.717) is 0 Å². The molecular weight excluding hydrogens is 377 g/mol. The van der Waals surface area contributed by atoms with Gasteiger partial charge in [0.15, 0.2) is 0 Å². The zero-order valence-corrected chi connectivity index (χ0v) is 16.5. The Hall–Kier alpha value is 0.229. The van der Waals surface area contributed by atoms with Crippen LogP contribution < -0.4 is 0 Å². The number of hydrogen-bond donors (Lipinski definition) is 0. The normalized spacial score (nSPS) is 7.27. The summed E-state index contributed by atoms with van der Waals surface area (Å²) in [5.74, 6) is 0. The van der Waals surface area contributed by atoms with Gasteiger partial charge >= 0.3 is 39.8 Å². The van der Waals surface area contributed by atoms with Crippen molar-refractivity contribution in [1.29, 1.82) is 0 Å². The van der Waals surface area contributed by atoms with Crippen LogP contribution in [0.25, 0.3) is 0 Å². The molecule has 0 saturated heterocycles. The third-order valence-corrected chi connectivity index (χ3v) is 2.68. The fraction of sp³-hybridized carbons (Fsp3) is 0.545. The van der Waals surface area contributed by atoms with Crippen molar-refractivity contribution in [3.63, 3.8) is 0 Å². The summed E-state index contributed by atoms with van der Waals surface area (Å²) in [6.07, 6.45) is 1.50. The zero-order valence-electron chi connectivity index (χ0n) is 13.5. The van der Waals surface area contributed by atoms with Gasteiger partial charge in [-0.15, -0.1) is 0 Å². The molecule has 0 saturated carbocycles. The monoisotopic (exact) mass is 400 g/mol. The van der Waals surface area contributed by atoms with Crippen molar-refractivity contribution in [2.45, 2.75) is 0 Å². The molecular formula is C11H23MnO8P2-. The van der Waals surface area contributed by atoms with Crippen LogP contribution in [0.15, 0.2) is 12.7 Å². The van der Waals surface area contributed by atoms with Crippen molar-refractivity contribution in [1.82, 2.24) is 0 Å². The molecule has 0 aliphatic heterocycles. The molecule has 0 N–H and O–H groups in total. The van der Waals surface area contributed by atoms with Gasteiger partial charge in [-0.05, 0) is 0 Å². The van der Waals surface area contributed by atoms with Gasteiger partial charge in [-0.25, -0.2) is 19.6 Å². The summed E-state index contributed by atoms with van der Waals surface area (Å²) >= 11 is 0. The van der Waals surface area contributed by atoms with Crippen LogP contribution in [0.2, 0.25) is 0 Å². The molecule has 8 nitrogen and oxygen atoms in total. The molecule has 0 aromatic carbocycles. The van der Waals surface area contributed by atoms with Crippen LogP contribution in [0.3, 0.4) is 0 Å². The van der Waals surface area contributed by atoms with E-state index < -0.39 is 17.2 Å². The summed E-state index contributed by atoms with van der Waals surface area (Å²) in [5, 5.41) is 0. The van der Waals surface area contributed by atoms with Crippen LogP contribution in [0, 0.1) is 20.2 Å². The average Bonchev–Trinajstić information content (AvgIpc) is 2.56. The summed E-state index contributed by atoms with van der Waals surface area (Å²) in [5.41, 5.74) is 0. The standard InChI is InChI=1S/2C3H9O3P.C3H5.2CO.Mn/c2*1-4-7(5-2)6-3;1-3-2;2*1-2;/h2*1-3H3;3H,1-2H2;;;/q;;-1;;;. The molecule has 0 amide bonds. The van der Waals surface area contributed by atoms with Gasteiger partial charge < -0.3 is 27.1 Å². The molecule has 0 unspecified atom stereocenters.